The smallest absolute Gasteiger partial charge is 0.270 e. The van der Waals surface area contributed by atoms with Crippen molar-refractivity contribution in [1.29, 1.82) is 0 Å². The number of nitro benzene ring substituents is 1. The predicted octanol–water partition coefficient (Wildman–Crippen LogP) is 4.27. The summed E-state index contributed by atoms with van der Waals surface area (Å²) in [6.45, 7) is 0.804. The van der Waals surface area contributed by atoms with Crippen LogP contribution in [-0.2, 0) is 28.1 Å². The molecule has 3 heterocycles. The molecule has 0 bridgehead atoms. The Labute approximate surface area is 231 Å². The van der Waals surface area contributed by atoms with Crippen LogP contribution in [0.5, 0.6) is 0 Å². The highest BCUT2D eigenvalue weighted by atomic mass is 32.3. The summed E-state index contributed by atoms with van der Waals surface area (Å²) in [5, 5.41) is 17.0. The summed E-state index contributed by atoms with van der Waals surface area (Å²) in [5.41, 5.74) is 2.60. The number of hydrogen-bond acceptors (Lipinski definition) is 9. The van der Waals surface area contributed by atoms with Crippen molar-refractivity contribution in [1.82, 2.24) is 9.62 Å². The number of sulfonamides is 1. The van der Waals surface area contributed by atoms with Crippen LogP contribution >= 0.6 is 21.9 Å². The summed E-state index contributed by atoms with van der Waals surface area (Å²) in [4.78, 5) is 23.4. The number of nitrogens with zero attached hydrogens (tertiary/aromatic N) is 2. The van der Waals surface area contributed by atoms with Crippen molar-refractivity contribution < 1.29 is 27.2 Å². The Morgan fingerprint density at radius 2 is 1.85 bits per heavy atom. The van der Waals surface area contributed by atoms with Crippen molar-refractivity contribution in [2.24, 2.45) is 0 Å². The normalized spacial score (nSPS) is 21.6. The molecule has 1 saturated heterocycles. The number of fused-ring (bicyclic) bond motifs is 1. The molecule has 1 amide bonds. The Morgan fingerprint density at radius 1 is 1.10 bits per heavy atom. The molecule has 1 aromatic heterocycles. The van der Waals surface area contributed by atoms with E-state index in [1.54, 1.807) is 6.07 Å². The lowest BCUT2D eigenvalue weighted by atomic mass is 10.0. The molecule has 0 aliphatic carbocycles. The van der Waals surface area contributed by atoms with Gasteiger partial charge in [-0.25, -0.2) is 8.42 Å². The zero-order valence-corrected chi connectivity index (χ0v) is 23.2. The number of non-ortho nitro benzene ring substituents is 1. The zero-order valence-electron chi connectivity index (χ0n) is 20.7. The van der Waals surface area contributed by atoms with E-state index in [0.717, 1.165) is 28.2 Å². The van der Waals surface area contributed by atoms with E-state index in [0.29, 0.717) is 30.8 Å². The van der Waals surface area contributed by atoms with Crippen LogP contribution in [0.1, 0.15) is 39.2 Å². The number of rotatable bonds is 8. The van der Waals surface area contributed by atoms with Crippen molar-refractivity contribution in [3.05, 3.63) is 86.3 Å². The van der Waals surface area contributed by atoms with Crippen LogP contribution in [-0.4, -0.2) is 51.8 Å². The van der Waals surface area contributed by atoms with Gasteiger partial charge in [-0.15, -0.1) is 11.3 Å². The Bertz CT molecular complexity index is 1520. The van der Waals surface area contributed by atoms with E-state index in [1.807, 2.05) is 18.2 Å². The summed E-state index contributed by atoms with van der Waals surface area (Å²) in [6.07, 6.45) is 1.23. The molecule has 5 rings (SSSR count). The summed E-state index contributed by atoms with van der Waals surface area (Å²) in [5.74, 6) is -0.136. The monoisotopic (exact) mass is 591 g/mol. The molecular weight excluding hydrogens is 564 g/mol. The van der Waals surface area contributed by atoms with Crippen molar-refractivity contribution >= 4 is 49.2 Å². The quantitative estimate of drug-likeness (QED) is 0.258. The lowest BCUT2D eigenvalue weighted by Crippen LogP contribution is -2.42. The van der Waals surface area contributed by atoms with Gasteiger partial charge in [0.25, 0.3) is 21.6 Å². The molecule has 3 N–H and O–H groups in total. The number of benzene rings is 2. The van der Waals surface area contributed by atoms with Crippen LogP contribution in [0.15, 0.2) is 58.8 Å². The van der Waals surface area contributed by atoms with E-state index in [-0.39, 0.29) is 39.6 Å². The Kier molecular flexibility index (Phi) is 7.68. The molecule has 1 fully saturated rings. The van der Waals surface area contributed by atoms with Crippen molar-refractivity contribution in [3.8, 4) is 0 Å². The number of nitro groups is 1. The minimum absolute atomic E-state index is 0.0808. The summed E-state index contributed by atoms with van der Waals surface area (Å²) in [7, 11) is -6.51. The Morgan fingerprint density at radius 3 is 2.59 bits per heavy atom. The minimum Gasteiger partial charge on any atom is -0.767 e. The fraction of sp³-hybridized carbons (Fsp3) is 0.320. The van der Waals surface area contributed by atoms with E-state index in [9.17, 15) is 32.4 Å². The number of carbonyl (C=O) groups excluding carboxylic acids is 1. The molecular formula is C25H27N4O7S3-. The highest BCUT2D eigenvalue weighted by Gasteiger charge is 2.31. The number of anilines is 1. The average Bonchev–Trinajstić information content (AvgIpc) is 3.51. The third kappa shape index (κ3) is 6.26. The van der Waals surface area contributed by atoms with E-state index >= 15 is 0 Å². The molecule has 208 valence electrons. The number of amides is 1. The molecule has 2 aliphatic heterocycles. The number of piperidine rings is 1. The van der Waals surface area contributed by atoms with Crippen LogP contribution < -0.4 is 10.6 Å². The molecule has 0 spiro atoms. The topological polar surface area (TPSA) is 165 Å². The van der Waals surface area contributed by atoms with E-state index < -0.39 is 31.4 Å². The maximum atomic E-state index is 13.2. The lowest BCUT2D eigenvalue weighted by molar-refractivity contribution is -0.384. The average molecular weight is 592 g/mol. The number of carbonyl (C=O) groups is 1. The van der Waals surface area contributed by atoms with Crippen molar-refractivity contribution in [3.63, 3.8) is 0 Å². The highest BCUT2D eigenvalue weighted by Crippen LogP contribution is 2.52. The SMILES string of the molecule is O=C(NCc1ccc(S(=O)(=O)N2CCC(Nc3ccc4c(c3)CS([O-])(O)C4)CC2)s1)c1cccc([N+](=O)[O-])c1. The van der Waals surface area contributed by atoms with Gasteiger partial charge in [0.05, 0.1) is 11.5 Å². The molecule has 39 heavy (non-hydrogen) atoms. The summed E-state index contributed by atoms with van der Waals surface area (Å²) >= 11 is 1.08. The molecule has 0 radical (unpaired) electrons. The Balaban J connectivity index is 1.14. The van der Waals surface area contributed by atoms with E-state index in [4.69, 9.17) is 0 Å². The van der Waals surface area contributed by atoms with Gasteiger partial charge < -0.3 is 30.3 Å². The third-order valence-corrected chi connectivity index (χ3v) is 11.7. The predicted molar refractivity (Wildman–Crippen MR) is 149 cm³/mol. The molecule has 2 aliphatic rings. The van der Waals surface area contributed by atoms with Crippen molar-refractivity contribution in [2.45, 2.75) is 41.1 Å². The second-order valence-corrected chi connectivity index (χ2v) is 15.0. The number of hydrogen-bond donors (Lipinski definition) is 3. The standard InChI is InChI=1S/C25H28N4O7S3/c30-25(17-2-1-3-22(13-17)29(31)32)26-14-23-6-7-24(37-23)39(35,36)28-10-8-20(9-11-28)27-21-5-4-18-15-38(33,34)16-19(18)12-21/h1-7,12-13,20,27,33-34H,8-11,14-16H2,(H,26,30)/p-1. The fourth-order valence-electron chi connectivity index (χ4n) is 4.75. The van der Waals surface area contributed by atoms with Crippen molar-refractivity contribution in [2.75, 3.05) is 18.4 Å². The summed E-state index contributed by atoms with van der Waals surface area (Å²) in [6, 6.07) is 14.3. The maximum Gasteiger partial charge on any atom is 0.270 e. The third-order valence-electron chi connectivity index (χ3n) is 6.77. The first kappa shape index (κ1) is 27.6. The van der Waals surface area contributed by atoms with Gasteiger partial charge in [0.1, 0.15) is 4.21 Å². The van der Waals surface area contributed by atoms with E-state index in [1.165, 1.54) is 34.6 Å². The van der Waals surface area contributed by atoms with Crippen LogP contribution in [0.25, 0.3) is 0 Å². The van der Waals surface area contributed by atoms with Gasteiger partial charge in [-0.05, 0) is 54.3 Å². The minimum atomic E-state index is -3.69. The van der Waals surface area contributed by atoms with Gasteiger partial charge in [-0.3, -0.25) is 14.9 Å². The van der Waals surface area contributed by atoms with Crippen LogP contribution in [0, 0.1) is 10.1 Å². The largest absolute Gasteiger partial charge is 0.767 e. The Hall–Kier alpha value is -3.01. The highest BCUT2D eigenvalue weighted by molar-refractivity contribution is 8.23. The molecule has 0 saturated carbocycles. The number of thiophene rings is 1. The molecule has 11 nitrogen and oxygen atoms in total. The van der Waals surface area contributed by atoms with Gasteiger partial charge in [-0.1, -0.05) is 12.1 Å². The van der Waals surface area contributed by atoms with Crippen LogP contribution in [0.3, 0.4) is 0 Å². The number of nitrogens with one attached hydrogen (secondary N) is 2. The van der Waals surface area contributed by atoms with Gasteiger partial charge in [0, 0.05) is 58.9 Å². The molecule has 2 aromatic carbocycles. The second kappa shape index (κ2) is 10.9. The first-order valence-electron chi connectivity index (χ1n) is 12.2. The lowest BCUT2D eigenvalue weighted by Gasteiger charge is -2.40. The summed E-state index contributed by atoms with van der Waals surface area (Å²) < 4.78 is 50.0. The van der Waals surface area contributed by atoms with Gasteiger partial charge in [0.2, 0.25) is 0 Å². The molecule has 1 unspecified atom stereocenters. The van der Waals surface area contributed by atoms with Gasteiger partial charge in [-0.2, -0.15) is 4.31 Å². The van der Waals surface area contributed by atoms with Crippen LogP contribution in [0.2, 0.25) is 0 Å². The molecule has 1 atom stereocenters. The maximum absolute atomic E-state index is 13.2. The molecule has 3 aromatic rings. The second-order valence-electron chi connectivity index (χ2n) is 9.58. The first-order chi connectivity index (χ1) is 18.5. The van der Waals surface area contributed by atoms with Gasteiger partial charge >= 0.3 is 0 Å². The molecule has 14 heteroatoms. The zero-order chi connectivity index (χ0) is 27.8. The van der Waals surface area contributed by atoms with E-state index in [2.05, 4.69) is 10.6 Å². The first-order valence-corrected chi connectivity index (χ1v) is 16.3. The van der Waals surface area contributed by atoms with Gasteiger partial charge in [0.15, 0.2) is 0 Å². The van der Waals surface area contributed by atoms with Crippen LogP contribution in [0.4, 0.5) is 11.4 Å². The fourth-order valence-corrected chi connectivity index (χ4v) is 9.30.